The van der Waals surface area contributed by atoms with Gasteiger partial charge in [0.15, 0.2) is 0 Å². The van der Waals surface area contributed by atoms with Gasteiger partial charge in [-0.1, -0.05) is 6.08 Å². The summed E-state index contributed by atoms with van der Waals surface area (Å²) in [6.45, 7) is 0. The van der Waals surface area contributed by atoms with Crippen LogP contribution < -0.4 is 0 Å². The normalized spacial score (nSPS) is 35.2. The lowest BCUT2D eigenvalue weighted by atomic mass is 9.90. The fourth-order valence-corrected chi connectivity index (χ4v) is 4.63. The molecule has 3 aliphatic carbocycles. The van der Waals surface area contributed by atoms with Crippen LogP contribution in [0.5, 0.6) is 0 Å². The summed E-state index contributed by atoms with van der Waals surface area (Å²) in [5.41, 5.74) is 2.38. The molecule has 3 nitrogen and oxygen atoms in total. The standard InChI is InChI=1S/C17H15FN2O/c18-11-2-4-12(5-3-11)20-14-6-9-16-7-1-8-17(16,21)15(16)13(14)10-19-20/h2-6,9-10,15,21H,1,7-8H2. The van der Waals surface area contributed by atoms with Gasteiger partial charge in [-0.3, -0.25) is 0 Å². The van der Waals surface area contributed by atoms with Crippen molar-refractivity contribution in [2.45, 2.75) is 30.8 Å². The molecule has 4 heteroatoms. The lowest BCUT2D eigenvalue weighted by molar-refractivity contribution is 0.125. The van der Waals surface area contributed by atoms with E-state index in [0.717, 1.165) is 36.2 Å². The molecule has 5 rings (SSSR count). The van der Waals surface area contributed by atoms with Crippen LogP contribution in [0.2, 0.25) is 0 Å². The molecular weight excluding hydrogens is 267 g/mol. The summed E-state index contributed by atoms with van der Waals surface area (Å²) in [5.74, 6) is -0.0618. The lowest BCUT2D eigenvalue weighted by Gasteiger charge is -2.15. The average Bonchev–Trinajstić information content (AvgIpc) is 2.83. The van der Waals surface area contributed by atoms with Crippen molar-refractivity contribution >= 4 is 6.08 Å². The summed E-state index contributed by atoms with van der Waals surface area (Å²) in [5, 5.41) is 15.3. The minimum atomic E-state index is -0.564. The van der Waals surface area contributed by atoms with Crippen molar-refractivity contribution in [3.8, 4) is 5.69 Å². The van der Waals surface area contributed by atoms with Gasteiger partial charge in [-0.15, -0.1) is 0 Å². The Hall–Kier alpha value is -1.94. The van der Waals surface area contributed by atoms with E-state index in [-0.39, 0.29) is 17.2 Å². The molecule has 2 saturated carbocycles. The van der Waals surface area contributed by atoms with E-state index in [1.807, 2.05) is 10.9 Å². The highest BCUT2D eigenvalue weighted by molar-refractivity contribution is 5.66. The number of fused-ring (bicyclic) bond motifs is 3. The Morgan fingerprint density at radius 1 is 1.24 bits per heavy atom. The Morgan fingerprint density at radius 2 is 2.05 bits per heavy atom. The third-order valence-electron chi connectivity index (χ3n) is 5.62. The van der Waals surface area contributed by atoms with Crippen LogP contribution in [0.25, 0.3) is 11.8 Å². The molecule has 0 radical (unpaired) electrons. The van der Waals surface area contributed by atoms with Crippen LogP contribution in [-0.4, -0.2) is 20.5 Å². The second-order valence-electron chi connectivity index (χ2n) is 6.46. The Kier molecular flexibility index (Phi) is 1.92. The van der Waals surface area contributed by atoms with Gasteiger partial charge in [-0.25, -0.2) is 9.07 Å². The highest BCUT2D eigenvalue weighted by Gasteiger charge is 2.78. The molecular formula is C17H15FN2O. The molecule has 0 amide bonds. The van der Waals surface area contributed by atoms with Crippen molar-refractivity contribution < 1.29 is 9.50 Å². The number of nitrogens with zero attached hydrogens (tertiary/aromatic N) is 2. The second kappa shape index (κ2) is 3.45. The van der Waals surface area contributed by atoms with E-state index in [2.05, 4.69) is 17.3 Å². The average molecular weight is 282 g/mol. The number of hydrogen-bond donors (Lipinski definition) is 1. The second-order valence-corrected chi connectivity index (χ2v) is 6.46. The summed E-state index contributed by atoms with van der Waals surface area (Å²) in [6, 6.07) is 6.33. The molecule has 21 heavy (non-hydrogen) atoms. The van der Waals surface area contributed by atoms with E-state index in [1.165, 1.54) is 12.1 Å². The van der Waals surface area contributed by atoms with Crippen molar-refractivity contribution in [2.75, 3.05) is 0 Å². The zero-order valence-corrected chi connectivity index (χ0v) is 11.5. The fourth-order valence-electron chi connectivity index (χ4n) is 4.63. The molecule has 0 saturated heterocycles. The molecule has 1 aromatic heterocycles. The van der Waals surface area contributed by atoms with Crippen molar-refractivity contribution in [2.24, 2.45) is 5.41 Å². The fraction of sp³-hybridized carbons (Fsp3) is 0.353. The maximum atomic E-state index is 13.1. The molecule has 1 heterocycles. The lowest BCUT2D eigenvalue weighted by Crippen LogP contribution is -2.10. The van der Waals surface area contributed by atoms with Gasteiger partial charge < -0.3 is 5.11 Å². The number of halogens is 1. The first-order chi connectivity index (χ1) is 10.2. The minimum Gasteiger partial charge on any atom is -0.388 e. The first kappa shape index (κ1) is 11.7. The van der Waals surface area contributed by atoms with Crippen LogP contribution in [0.3, 0.4) is 0 Å². The number of benzene rings is 1. The molecule has 2 aromatic rings. The summed E-state index contributed by atoms with van der Waals surface area (Å²) < 4.78 is 14.9. The van der Waals surface area contributed by atoms with Gasteiger partial charge in [0.05, 0.1) is 23.2 Å². The summed E-state index contributed by atoms with van der Waals surface area (Å²) in [6.07, 6.45) is 9.15. The van der Waals surface area contributed by atoms with E-state index >= 15 is 0 Å². The first-order valence-corrected chi connectivity index (χ1v) is 7.41. The maximum Gasteiger partial charge on any atom is 0.123 e. The monoisotopic (exact) mass is 282 g/mol. The van der Waals surface area contributed by atoms with E-state index in [4.69, 9.17) is 0 Å². The molecule has 3 aliphatic rings. The van der Waals surface area contributed by atoms with Crippen molar-refractivity contribution in [1.29, 1.82) is 0 Å². The first-order valence-electron chi connectivity index (χ1n) is 7.41. The van der Waals surface area contributed by atoms with Crippen molar-refractivity contribution in [3.05, 3.63) is 53.6 Å². The molecule has 1 aromatic carbocycles. The molecule has 2 fully saturated rings. The number of aromatic nitrogens is 2. The molecule has 3 unspecified atom stereocenters. The third-order valence-corrected chi connectivity index (χ3v) is 5.62. The number of aliphatic hydroxyl groups is 1. The van der Waals surface area contributed by atoms with Gasteiger partial charge in [-0.2, -0.15) is 5.10 Å². The van der Waals surface area contributed by atoms with Crippen molar-refractivity contribution in [1.82, 2.24) is 9.78 Å². The Balaban J connectivity index is 1.64. The van der Waals surface area contributed by atoms with Gasteiger partial charge >= 0.3 is 0 Å². The molecule has 106 valence electrons. The Bertz CT molecular complexity index is 779. The predicted molar refractivity (Wildman–Crippen MR) is 76.5 cm³/mol. The molecule has 0 bridgehead atoms. The number of hydrogen-bond acceptors (Lipinski definition) is 2. The highest BCUT2D eigenvalue weighted by atomic mass is 19.1. The van der Waals surface area contributed by atoms with Crippen LogP contribution in [0.15, 0.2) is 36.5 Å². The Morgan fingerprint density at radius 3 is 2.86 bits per heavy atom. The topological polar surface area (TPSA) is 38.1 Å². The zero-order valence-electron chi connectivity index (χ0n) is 11.5. The highest BCUT2D eigenvalue weighted by Crippen LogP contribution is 2.78. The SMILES string of the molecule is OC12CCCC13C=Cc1c(cnn1-c1ccc(F)cc1)C23. The van der Waals surface area contributed by atoms with Crippen LogP contribution >= 0.6 is 0 Å². The van der Waals surface area contributed by atoms with E-state index in [9.17, 15) is 9.50 Å². The summed E-state index contributed by atoms with van der Waals surface area (Å²) >= 11 is 0. The largest absolute Gasteiger partial charge is 0.388 e. The van der Waals surface area contributed by atoms with Gasteiger partial charge in [0, 0.05) is 16.9 Å². The van der Waals surface area contributed by atoms with E-state index in [0.29, 0.717) is 0 Å². The zero-order chi connectivity index (χ0) is 14.2. The van der Waals surface area contributed by atoms with Crippen LogP contribution in [0, 0.1) is 11.2 Å². The third kappa shape index (κ3) is 1.21. The quantitative estimate of drug-likeness (QED) is 0.873. The van der Waals surface area contributed by atoms with E-state index < -0.39 is 5.60 Å². The van der Waals surface area contributed by atoms with E-state index in [1.54, 1.807) is 12.1 Å². The minimum absolute atomic E-state index is 0.0450. The van der Waals surface area contributed by atoms with Gasteiger partial charge in [-0.05, 0) is 49.6 Å². The van der Waals surface area contributed by atoms with Gasteiger partial charge in [0.2, 0.25) is 0 Å². The summed E-state index contributed by atoms with van der Waals surface area (Å²) in [7, 11) is 0. The smallest absolute Gasteiger partial charge is 0.123 e. The van der Waals surface area contributed by atoms with Crippen LogP contribution in [0.4, 0.5) is 4.39 Å². The summed E-state index contributed by atoms with van der Waals surface area (Å²) in [4.78, 5) is 0. The number of rotatable bonds is 1. The van der Waals surface area contributed by atoms with Gasteiger partial charge in [0.25, 0.3) is 0 Å². The van der Waals surface area contributed by atoms with Crippen LogP contribution in [-0.2, 0) is 0 Å². The van der Waals surface area contributed by atoms with Gasteiger partial charge in [0.1, 0.15) is 5.82 Å². The molecule has 3 atom stereocenters. The predicted octanol–water partition coefficient (Wildman–Crippen LogP) is 3.04. The molecule has 1 spiro atoms. The molecule has 1 N–H and O–H groups in total. The molecule has 0 aliphatic heterocycles. The van der Waals surface area contributed by atoms with Crippen molar-refractivity contribution in [3.63, 3.8) is 0 Å². The Labute approximate surface area is 121 Å². The maximum absolute atomic E-state index is 13.1. The van der Waals surface area contributed by atoms with Crippen LogP contribution in [0.1, 0.15) is 36.4 Å².